The van der Waals surface area contributed by atoms with Crippen LogP contribution in [0, 0.1) is 0 Å². The Kier molecular flexibility index (Phi) is 5.41. The second-order valence-electron chi connectivity index (χ2n) is 7.13. The zero-order valence-corrected chi connectivity index (χ0v) is 14.8. The lowest BCUT2D eigenvalue weighted by atomic mass is 9.93. The monoisotopic (exact) mass is 368 g/mol. The van der Waals surface area contributed by atoms with Crippen LogP contribution in [-0.4, -0.2) is 48.7 Å². The minimum atomic E-state index is -2.85. The number of carbonyl (C=O) groups excluding carboxylic acids is 2. The maximum atomic E-state index is 12.7. The number of carbonyl (C=O) groups is 2. The van der Waals surface area contributed by atoms with Crippen molar-refractivity contribution in [3.05, 3.63) is 29.8 Å². The molecule has 2 aliphatic heterocycles. The van der Waals surface area contributed by atoms with Crippen molar-refractivity contribution in [3.63, 3.8) is 0 Å². The molecule has 0 spiro atoms. The summed E-state index contributed by atoms with van der Waals surface area (Å²) in [6.45, 7) is 1.28. The molecule has 1 aromatic carbocycles. The van der Waals surface area contributed by atoms with Gasteiger partial charge in [0, 0.05) is 12.8 Å². The van der Waals surface area contributed by atoms with E-state index in [2.05, 4.69) is 10.1 Å². The number of nitrogens with zero attached hydrogens (tertiary/aromatic N) is 1. The number of rotatable bonds is 7. The number of halogens is 2. The average molecular weight is 368 g/mol. The van der Waals surface area contributed by atoms with Crippen LogP contribution in [0.2, 0.25) is 0 Å². The van der Waals surface area contributed by atoms with Crippen molar-refractivity contribution in [2.75, 3.05) is 19.8 Å². The summed E-state index contributed by atoms with van der Waals surface area (Å²) in [6, 6.07) is 5.99. The summed E-state index contributed by atoms with van der Waals surface area (Å²) in [5, 5.41) is 2.81. The first-order chi connectivity index (χ1) is 12.4. The summed E-state index contributed by atoms with van der Waals surface area (Å²) in [7, 11) is 0. The van der Waals surface area contributed by atoms with E-state index in [1.54, 1.807) is 19.1 Å². The Balaban J connectivity index is 1.58. The van der Waals surface area contributed by atoms with E-state index >= 15 is 0 Å². The summed E-state index contributed by atoms with van der Waals surface area (Å²) in [5.74, 6) is -0.0977. The number of hydrogen-bond donors (Lipinski definition) is 2. The second kappa shape index (κ2) is 7.57. The van der Waals surface area contributed by atoms with E-state index in [0.717, 1.165) is 31.5 Å². The Morgan fingerprint density at radius 3 is 2.50 bits per heavy atom. The van der Waals surface area contributed by atoms with Gasteiger partial charge in [-0.15, -0.1) is 0 Å². The van der Waals surface area contributed by atoms with E-state index in [0.29, 0.717) is 19.5 Å². The van der Waals surface area contributed by atoms with Crippen LogP contribution in [-0.2, 0) is 11.2 Å². The number of imide groups is 1. The minimum Gasteiger partial charge on any atom is -0.435 e. The molecule has 6 nitrogen and oxygen atoms in total. The third kappa shape index (κ3) is 4.12. The van der Waals surface area contributed by atoms with E-state index in [1.807, 2.05) is 0 Å². The summed E-state index contributed by atoms with van der Waals surface area (Å²) in [5.41, 5.74) is -0.0486. The van der Waals surface area contributed by atoms with Gasteiger partial charge < -0.3 is 15.0 Å². The first-order valence-electron chi connectivity index (χ1n) is 8.89. The van der Waals surface area contributed by atoms with Gasteiger partial charge in [0.15, 0.2) is 6.67 Å². The van der Waals surface area contributed by atoms with Crippen LogP contribution in [0.3, 0.4) is 0 Å². The average Bonchev–Trinajstić information content (AvgIpc) is 3.17. The zero-order chi connectivity index (χ0) is 18.7. The predicted octanol–water partition coefficient (Wildman–Crippen LogP) is 1.17. The molecule has 3 amide bonds. The standard InChI is InChI=1S/C18H23F2N3O3/c1-18(9-8-13-4-6-14(7-5-13)26-16(19)20)15(24)23(17(25)21-18)12-22-10-2-3-11-22/h4-7,16H,2-3,8-12H2,1H3,(H,21,25)/p+1/t18-/m0/s1. The molecule has 0 unspecified atom stereocenters. The topological polar surface area (TPSA) is 63.1 Å². The summed E-state index contributed by atoms with van der Waals surface area (Å²) in [4.78, 5) is 27.6. The Morgan fingerprint density at radius 1 is 1.23 bits per heavy atom. The largest absolute Gasteiger partial charge is 0.435 e. The van der Waals surface area contributed by atoms with Crippen molar-refractivity contribution >= 4 is 11.9 Å². The number of urea groups is 1. The van der Waals surface area contributed by atoms with Crippen LogP contribution in [0.25, 0.3) is 0 Å². The number of likely N-dealkylation sites (tertiary alicyclic amines) is 1. The highest BCUT2D eigenvalue weighted by molar-refractivity contribution is 6.06. The molecule has 2 aliphatic rings. The number of quaternary nitrogens is 1. The number of hydrogen-bond acceptors (Lipinski definition) is 3. The van der Waals surface area contributed by atoms with E-state index in [1.165, 1.54) is 21.9 Å². The Morgan fingerprint density at radius 2 is 1.88 bits per heavy atom. The number of amides is 3. The fourth-order valence-corrected chi connectivity index (χ4v) is 3.55. The van der Waals surface area contributed by atoms with Gasteiger partial charge in [-0.3, -0.25) is 4.79 Å². The van der Waals surface area contributed by atoms with Gasteiger partial charge in [-0.25, -0.2) is 9.69 Å². The maximum absolute atomic E-state index is 12.7. The number of benzene rings is 1. The summed E-state index contributed by atoms with van der Waals surface area (Å²) in [6.07, 6.45) is 3.24. The van der Waals surface area contributed by atoms with Crippen molar-refractivity contribution in [2.24, 2.45) is 0 Å². The van der Waals surface area contributed by atoms with Gasteiger partial charge in [0.25, 0.3) is 5.91 Å². The van der Waals surface area contributed by atoms with Crippen LogP contribution in [0.4, 0.5) is 13.6 Å². The SMILES string of the molecule is C[C@@]1(CCc2ccc(OC(F)F)cc2)NC(=O)N(C[NH+]2CCCC2)C1=O. The molecular formula is C18H24F2N3O3+. The molecule has 1 aromatic rings. The van der Waals surface area contributed by atoms with Crippen LogP contribution in [0.1, 0.15) is 31.7 Å². The third-order valence-electron chi connectivity index (χ3n) is 5.10. The van der Waals surface area contributed by atoms with Crippen LogP contribution >= 0.6 is 0 Å². The van der Waals surface area contributed by atoms with Gasteiger partial charge in [-0.1, -0.05) is 12.1 Å². The van der Waals surface area contributed by atoms with Gasteiger partial charge in [-0.2, -0.15) is 8.78 Å². The highest BCUT2D eigenvalue weighted by Crippen LogP contribution is 2.24. The van der Waals surface area contributed by atoms with E-state index < -0.39 is 12.2 Å². The van der Waals surface area contributed by atoms with Gasteiger partial charge in [0.05, 0.1) is 13.1 Å². The summed E-state index contributed by atoms with van der Waals surface area (Å²) < 4.78 is 28.7. The van der Waals surface area contributed by atoms with Gasteiger partial charge in [0.1, 0.15) is 11.3 Å². The first kappa shape index (κ1) is 18.6. The van der Waals surface area contributed by atoms with Gasteiger partial charge in [-0.05, 0) is 37.5 Å². The van der Waals surface area contributed by atoms with Gasteiger partial charge in [0.2, 0.25) is 0 Å². The smallest absolute Gasteiger partial charge is 0.387 e. The fraction of sp³-hybridized carbons (Fsp3) is 0.556. The quantitative estimate of drug-likeness (QED) is 0.710. The van der Waals surface area contributed by atoms with E-state index in [4.69, 9.17) is 0 Å². The Bertz CT molecular complexity index is 662. The third-order valence-corrected chi connectivity index (χ3v) is 5.10. The molecular weight excluding hydrogens is 344 g/mol. The van der Waals surface area contributed by atoms with Crippen LogP contribution in [0.15, 0.2) is 24.3 Å². The van der Waals surface area contributed by atoms with Crippen molar-refractivity contribution in [3.8, 4) is 5.75 Å². The summed E-state index contributed by atoms with van der Waals surface area (Å²) >= 11 is 0. The highest BCUT2D eigenvalue weighted by Gasteiger charge is 2.48. The molecule has 0 radical (unpaired) electrons. The number of ether oxygens (including phenoxy) is 1. The molecule has 2 N–H and O–H groups in total. The molecule has 1 atom stereocenters. The van der Waals surface area contributed by atoms with Crippen molar-refractivity contribution in [1.82, 2.24) is 10.2 Å². The number of aryl methyl sites for hydroxylation is 1. The molecule has 0 aliphatic carbocycles. The molecule has 0 bridgehead atoms. The van der Waals surface area contributed by atoms with Crippen LogP contribution in [0.5, 0.6) is 5.75 Å². The van der Waals surface area contributed by atoms with Crippen molar-refractivity contribution in [2.45, 2.75) is 44.8 Å². The molecule has 2 fully saturated rings. The predicted molar refractivity (Wildman–Crippen MR) is 90.0 cm³/mol. The van der Waals surface area contributed by atoms with E-state index in [9.17, 15) is 18.4 Å². The second-order valence-corrected chi connectivity index (χ2v) is 7.13. The lowest BCUT2D eigenvalue weighted by molar-refractivity contribution is -0.894. The Hall–Kier alpha value is -2.22. The minimum absolute atomic E-state index is 0.0972. The molecule has 2 saturated heterocycles. The van der Waals surface area contributed by atoms with Crippen molar-refractivity contribution in [1.29, 1.82) is 0 Å². The normalized spacial score (nSPS) is 23.8. The van der Waals surface area contributed by atoms with Crippen molar-refractivity contribution < 1.29 is 28.0 Å². The molecule has 142 valence electrons. The molecule has 0 saturated carbocycles. The molecule has 3 rings (SSSR count). The number of alkyl halides is 2. The Labute approximate surface area is 151 Å². The fourth-order valence-electron chi connectivity index (χ4n) is 3.55. The number of nitrogens with one attached hydrogen (secondary N) is 2. The highest BCUT2D eigenvalue weighted by atomic mass is 19.3. The first-order valence-corrected chi connectivity index (χ1v) is 8.89. The van der Waals surface area contributed by atoms with E-state index in [-0.39, 0.29) is 17.7 Å². The molecule has 8 heteroatoms. The van der Waals surface area contributed by atoms with Gasteiger partial charge >= 0.3 is 12.6 Å². The molecule has 0 aromatic heterocycles. The lowest BCUT2D eigenvalue weighted by Crippen LogP contribution is -3.11. The maximum Gasteiger partial charge on any atom is 0.387 e. The zero-order valence-electron chi connectivity index (χ0n) is 14.8. The molecule has 2 heterocycles. The lowest BCUT2D eigenvalue weighted by Gasteiger charge is -2.22. The van der Waals surface area contributed by atoms with Crippen LogP contribution < -0.4 is 15.0 Å². The molecule has 26 heavy (non-hydrogen) atoms.